The van der Waals surface area contributed by atoms with Gasteiger partial charge in [-0.2, -0.15) is 0 Å². The number of rotatable bonds is 7. The lowest BCUT2D eigenvalue weighted by Gasteiger charge is -1.97. The highest BCUT2D eigenvalue weighted by Gasteiger charge is 2.03. The van der Waals surface area contributed by atoms with Crippen molar-refractivity contribution < 1.29 is 0 Å². The molecule has 2 nitrogen and oxygen atoms in total. The van der Waals surface area contributed by atoms with Crippen molar-refractivity contribution in [3.63, 3.8) is 0 Å². The van der Waals surface area contributed by atoms with Gasteiger partial charge in [0, 0.05) is 18.2 Å². The van der Waals surface area contributed by atoms with Crippen LogP contribution in [0.15, 0.2) is 36.5 Å². The highest BCUT2D eigenvalue weighted by atomic mass is 14.9. The molecule has 0 amide bonds. The fourth-order valence-electron chi connectivity index (χ4n) is 2.01. The molecule has 18 heavy (non-hydrogen) atoms. The molecule has 1 aromatic carbocycles. The van der Waals surface area contributed by atoms with Crippen LogP contribution in [-0.2, 0) is 0 Å². The molecule has 0 aliphatic rings. The summed E-state index contributed by atoms with van der Waals surface area (Å²) in [5.74, 6) is 0.991. The second kappa shape index (κ2) is 7.00. The number of nitrogens with zero attached hydrogens (tertiary/aromatic N) is 1. The van der Waals surface area contributed by atoms with Gasteiger partial charge in [0.2, 0.25) is 0 Å². The number of aromatic amines is 1. The first-order valence-electron chi connectivity index (χ1n) is 6.84. The van der Waals surface area contributed by atoms with Crippen molar-refractivity contribution in [1.29, 1.82) is 0 Å². The van der Waals surface area contributed by atoms with Crippen LogP contribution < -0.4 is 0 Å². The number of hydrogen-bond acceptors (Lipinski definition) is 1. The quantitative estimate of drug-likeness (QED) is 0.705. The molecule has 0 aliphatic heterocycles. The van der Waals surface area contributed by atoms with Gasteiger partial charge in [-0.05, 0) is 6.42 Å². The average molecular weight is 241 g/mol. The third kappa shape index (κ3) is 3.73. The predicted molar refractivity (Wildman–Crippen MR) is 76.2 cm³/mol. The lowest BCUT2D eigenvalue weighted by Crippen LogP contribution is -1.86. The number of benzene rings is 1. The van der Waals surface area contributed by atoms with Gasteiger partial charge in [-0.1, -0.05) is 62.9 Å². The van der Waals surface area contributed by atoms with Crippen LogP contribution in [0.25, 0.3) is 11.3 Å². The van der Waals surface area contributed by atoms with E-state index in [9.17, 15) is 0 Å². The summed E-state index contributed by atoms with van der Waals surface area (Å²) in [6.45, 7) is 2.24. The van der Waals surface area contributed by atoms with Crippen LogP contribution in [0.5, 0.6) is 0 Å². The molecule has 0 spiro atoms. The van der Waals surface area contributed by atoms with E-state index in [-0.39, 0.29) is 0 Å². The molecule has 0 unspecified atom stereocenters. The van der Waals surface area contributed by atoms with Gasteiger partial charge in [0.05, 0.1) is 5.69 Å². The van der Waals surface area contributed by atoms with E-state index >= 15 is 0 Å². The Kier molecular flexibility index (Phi) is 5.00. The third-order valence-corrected chi connectivity index (χ3v) is 3.06. The number of H-pyrrole nitrogens is 1. The topological polar surface area (TPSA) is 28.7 Å². The van der Waals surface area contributed by atoms with Crippen LogP contribution in [0.4, 0.5) is 0 Å². The van der Waals surface area contributed by atoms with Crippen LogP contribution in [0.1, 0.15) is 44.9 Å². The summed E-state index contributed by atoms with van der Waals surface area (Å²) in [5, 5.41) is 0. The maximum absolute atomic E-state index is 4.59. The highest BCUT2D eigenvalue weighted by Crippen LogP contribution is 2.17. The molecule has 0 bridgehead atoms. The van der Waals surface area contributed by atoms with Crippen molar-refractivity contribution in [2.75, 3.05) is 0 Å². The molecule has 0 aliphatic carbocycles. The van der Waals surface area contributed by atoms with Gasteiger partial charge >= 0.3 is 0 Å². The van der Waals surface area contributed by atoms with Crippen LogP contribution in [0, 0.1) is 6.42 Å². The summed E-state index contributed by atoms with van der Waals surface area (Å²) in [4.78, 5) is 7.82. The molecule has 1 radical (unpaired) electrons. The Morgan fingerprint density at radius 1 is 1.11 bits per heavy atom. The van der Waals surface area contributed by atoms with E-state index < -0.39 is 0 Å². The fraction of sp³-hybridized carbons (Fsp3) is 0.375. The molecule has 2 rings (SSSR count). The summed E-state index contributed by atoms with van der Waals surface area (Å²) < 4.78 is 0. The molecule has 1 N–H and O–H groups in total. The molecule has 0 saturated carbocycles. The summed E-state index contributed by atoms with van der Waals surface area (Å²) in [6, 6.07) is 10.3. The Labute approximate surface area is 109 Å². The largest absolute Gasteiger partial charge is 0.348 e. The van der Waals surface area contributed by atoms with E-state index in [2.05, 4.69) is 35.4 Å². The Morgan fingerprint density at radius 2 is 1.94 bits per heavy atom. The van der Waals surface area contributed by atoms with E-state index in [4.69, 9.17) is 0 Å². The van der Waals surface area contributed by atoms with Crippen molar-refractivity contribution in [3.8, 4) is 11.3 Å². The molecule has 0 atom stereocenters. The second-order valence-corrected chi connectivity index (χ2v) is 4.59. The van der Waals surface area contributed by atoms with E-state index in [0.29, 0.717) is 0 Å². The van der Waals surface area contributed by atoms with Crippen LogP contribution in [0.3, 0.4) is 0 Å². The van der Waals surface area contributed by atoms with E-state index in [1.54, 1.807) is 0 Å². The average Bonchev–Trinajstić information content (AvgIpc) is 2.88. The minimum Gasteiger partial charge on any atom is -0.348 e. The SMILES string of the molecule is CCCCCC[CH]c1nc(-c2ccccc2)c[nH]1. The minimum absolute atomic E-state index is 0.991. The van der Waals surface area contributed by atoms with Gasteiger partial charge in [-0.25, -0.2) is 4.98 Å². The number of imidazole rings is 1. The normalized spacial score (nSPS) is 10.7. The van der Waals surface area contributed by atoms with Gasteiger partial charge in [0.15, 0.2) is 0 Å². The highest BCUT2D eigenvalue weighted by molar-refractivity contribution is 5.58. The Balaban J connectivity index is 1.83. The third-order valence-electron chi connectivity index (χ3n) is 3.06. The number of unbranched alkanes of at least 4 members (excludes halogenated alkanes) is 4. The van der Waals surface area contributed by atoms with Gasteiger partial charge in [0.1, 0.15) is 5.82 Å². The van der Waals surface area contributed by atoms with Crippen LogP contribution >= 0.6 is 0 Å². The summed E-state index contributed by atoms with van der Waals surface area (Å²) >= 11 is 0. The van der Waals surface area contributed by atoms with Gasteiger partial charge in [-0.15, -0.1) is 0 Å². The number of aromatic nitrogens is 2. The molecule has 0 fully saturated rings. The van der Waals surface area contributed by atoms with Crippen LogP contribution in [0.2, 0.25) is 0 Å². The molecule has 95 valence electrons. The van der Waals surface area contributed by atoms with Crippen molar-refractivity contribution in [1.82, 2.24) is 9.97 Å². The van der Waals surface area contributed by atoms with E-state index in [0.717, 1.165) is 17.9 Å². The second-order valence-electron chi connectivity index (χ2n) is 4.59. The number of nitrogens with one attached hydrogen (secondary N) is 1. The maximum atomic E-state index is 4.59. The zero-order chi connectivity index (χ0) is 12.6. The Morgan fingerprint density at radius 3 is 2.72 bits per heavy atom. The first-order chi connectivity index (χ1) is 8.90. The van der Waals surface area contributed by atoms with Crippen molar-refractivity contribution >= 4 is 0 Å². The van der Waals surface area contributed by atoms with E-state index in [1.165, 1.54) is 31.2 Å². The maximum Gasteiger partial charge on any atom is 0.110 e. The Hall–Kier alpha value is -1.57. The van der Waals surface area contributed by atoms with Crippen molar-refractivity contribution in [2.24, 2.45) is 0 Å². The van der Waals surface area contributed by atoms with Gasteiger partial charge in [0.25, 0.3) is 0 Å². The minimum atomic E-state index is 0.991. The van der Waals surface area contributed by atoms with Crippen molar-refractivity contribution in [2.45, 2.75) is 39.0 Å². The first kappa shape index (κ1) is 12.9. The first-order valence-corrected chi connectivity index (χ1v) is 6.84. The smallest absolute Gasteiger partial charge is 0.110 e. The molecule has 2 aromatic rings. The van der Waals surface area contributed by atoms with Gasteiger partial charge < -0.3 is 4.98 Å². The van der Waals surface area contributed by atoms with Crippen LogP contribution in [-0.4, -0.2) is 9.97 Å². The summed E-state index contributed by atoms with van der Waals surface area (Å²) in [6.07, 6.45) is 10.5. The summed E-state index contributed by atoms with van der Waals surface area (Å²) in [5.41, 5.74) is 2.19. The molecule has 0 saturated heterocycles. The monoisotopic (exact) mass is 241 g/mol. The molecular weight excluding hydrogens is 220 g/mol. The zero-order valence-electron chi connectivity index (χ0n) is 11.0. The molecule has 2 heteroatoms. The van der Waals surface area contributed by atoms with Gasteiger partial charge in [-0.3, -0.25) is 0 Å². The lowest BCUT2D eigenvalue weighted by molar-refractivity contribution is 0.663. The van der Waals surface area contributed by atoms with E-state index in [1.807, 2.05) is 24.4 Å². The Bertz CT molecular complexity index is 445. The molecule has 1 aromatic heterocycles. The van der Waals surface area contributed by atoms with Crippen molar-refractivity contribution in [3.05, 3.63) is 48.8 Å². The zero-order valence-corrected chi connectivity index (χ0v) is 11.0. The number of hydrogen-bond donors (Lipinski definition) is 1. The molecule has 1 heterocycles. The standard InChI is InChI=1S/C16H21N2/c1-2-3-4-5-9-12-16-17-13-15(18-16)14-10-7-6-8-11-14/h6-8,10-13H,2-5,9H2,1H3,(H,17,18). The molecular formula is C16H21N2. The predicted octanol–water partition coefficient (Wildman–Crippen LogP) is 4.60. The lowest BCUT2D eigenvalue weighted by atomic mass is 10.1. The summed E-state index contributed by atoms with van der Waals surface area (Å²) in [7, 11) is 0. The fourth-order valence-corrected chi connectivity index (χ4v) is 2.01.